The molecule has 4 rings (SSSR count). The molecule has 0 bridgehead atoms. The zero-order valence-electron chi connectivity index (χ0n) is 15.3. The smallest absolute Gasteiger partial charge is 0.342 e. The third kappa shape index (κ3) is 4.43. The zero-order valence-corrected chi connectivity index (χ0v) is 16.8. The van der Waals surface area contributed by atoms with Gasteiger partial charge < -0.3 is 4.74 Å². The lowest BCUT2D eigenvalue weighted by Crippen LogP contribution is -2.06. The second-order valence-corrected chi connectivity index (χ2v) is 7.30. The second kappa shape index (κ2) is 8.41. The highest BCUT2D eigenvalue weighted by molar-refractivity contribution is 9.10. The van der Waals surface area contributed by atoms with E-state index < -0.39 is 5.97 Å². The van der Waals surface area contributed by atoms with Crippen molar-refractivity contribution in [1.82, 2.24) is 9.78 Å². The molecule has 0 saturated heterocycles. The van der Waals surface area contributed by atoms with E-state index in [0.29, 0.717) is 16.8 Å². The van der Waals surface area contributed by atoms with Crippen LogP contribution in [0, 0.1) is 5.82 Å². The Morgan fingerprint density at radius 3 is 2.34 bits per heavy atom. The number of rotatable bonds is 5. The molecule has 4 aromatic rings. The van der Waals surface area contributed by atoms with E-state index in [2.05, 4.69) is 21.0 Å². The molecule has 6 heteroatoms. The lowest BCUT2D eigenvalue weighted by molar-refractivity contribution is 0.0473. The average molecular weight is 451 g/mol. The number of esters is 1. The number of halogens is 2. The lowest BCUT2D eigenvalue weighted by atomic mass is 10.1. The molecule has 0 aliphatic rings. The Bertz CT molecular complexity index is 1120. The quantitative estimate of drug-likeness (QED) is 0.361. The van der Waals surface area contributed by atoms with Gasteiger partial charge in [0, 0.05) is 16.2 Å². The first kappa shape index (κ1) is 19.1. The van der Waals surface area contributed by atoms with E-state index in [9.17, 15) is 9.18 Å². The molecule has 0 aliphatic carbocycles. The van der Waals surface area contributed by atoms with Crippen LogP contribution < -0.4 is 0 Å². The minimum absolute atomic E-state index is 0.144. The summed E-state index contributed by atoms with van der Waals surface area (Å²) >= 11 is 3.38. The van der Waals surface area contributed by atoms with Crippen LogP contribution in [0.2, 0.25) is 0 Å². The largest absolute Gasteiger partial charge is 0.457 e. The van der Waals surface area contributed by atoms with Crippen LogP contribution in [0.4, 0.5) is 4.39 Å². The predicted octanol–water partition coefficient (Wildman–Crippen LogP) is 5.80. The molecule has 4 nitrogen and oxygen atoms in total. The van der Waals surface area contributed by atoms with Crippen molar-refractivity contribution in [2.24, 2.45) is 0 Å². The first-order valence-electron chi connectivity index (χ1n) is 8.93. The van der Waals surface area contributed by atoms with Crippen molar-refractivity contribution >= 4 is 21.9 Å². The number of benzene rings is 3. The Labute approximate surface area is 175 Å². The molecule has 0 N–H and O–H groups in total. The van der Waals surface area contributed by atoms with Gasteiger partial charge in [-0.25, -0.2) is 13.9 Å². The van der Waals surface area contributed by atoms with Crippen LogP contribution in [0.15, 0.2) is 89.5 Å². The fourth-order valence-electron chi connectivity index (χ4n) is 2.86. The van der Waals surface area contributed by atoms with Crippen LogP contribution in [0.25, 0.3) is 16.9 Å². The van der Waals surface area contributed by atoms with Gasteiger partial charge in [0.25, 0.3) is 0 Å². The molecule has 0 aliphatic heterocycles. The molecule has 0 atom stereocenters. The maximum Gasteiger partial charge on any atom is 0.342 e. The summed E-state index contributed by atoms with van der Waals surface area (Å²) in [4.78, 5) is 12.8. The van der Waals surface area contributed by atoms with Gasteiger partial charge in [0.1, 0.15) is 23.7 Å². The van der Waals surface area contributed by atoms with E-state index in [1.165, 1.54) is 12.1 Å². The minimum atomic E-state index is -0.491. The Morgan fingerprint density at radius 1 is 0.966 bits per heavy atom. The van der Waals surface area contributed by atoms with E-state index in [4.69, 9.17) is 4.74 Å². The summed E-state index contributed by atoms with van der Waals surface area (Å²) < 4.78 is 21.4. The number of hydrogen-bond donors (Lipinski definition) is 0. The zero-order chi connectivity index (χ0) is 20.2. The van der Waals surface area contributed by atoms with Crippen LogP contribution in [-0.4, -0.2) is 15.7 Å². The summed E-state index contributed by atoms with van der Waals surface area (Å²) in [6.45, 7) is 0.144. The van der Waals surface area contributed by atoms with Crippen molar-refractivity contribution in [3.8, 4) is 16.9 Å². The van der Waals surface area contributed by atoms with Crippen LogP contribution in [0.3, 0.4) is 0 Å². The number of aromatic nitrogens is 2. The molecular weight excluding hydrogens is 435 g/mol. The van der Waals surface area contributed by atoms with Gasteiger partial charge in [-0.05, 0) is 54.1 Å². The fourth-order valence-corrected chi connectivity index (χ4v) is 3.13. The highest BCUT2D eigenvalue weighted by Crippen LogP contribution is 2.25. The van der Waals surface area contributed by atoms with E-state index in [1.807, 2.05) is 54.6 Å². The van der Waals surface area contributed by atoms with Crippen LogP contribution in [-0.2, 0) is 11.3 Å². The summed E-state index contributed by atoms with van der Waals surface area (Å²) in [5.74, 6) is -0.843. The summed E-state index contributed by atoms with van der Waals surface area (Å²) in [5.41, 5.74) is 3.08. The first-order valence-corrected chi connectivity index (χ1v) is 9.72. The molecule has 0 fully saturated rings. The molecule has 0 radical (unpaired) electrons. The van der Waals surface area contributed by atoms with Crippen molar-refractivity contribution in [3.63, 3.8) is 0 Å². The van der Waals surface area contributed by atoms with Gasteiger partial charge in [-0.1, -0.05) is 46.3 Å². The summed E-state index contributed by atoms with van der Waals surface area (Å²) in [6.07, 6.45) is 1.64. The van der Waals surface area contributed by atoms with Crippen molar-refractivity contribution in [2.45, 2.75) is 6.61 Å². The highest BCUT2D eigenvalue weighted by atomic mass is 79.9. The summed E-state index contributed by atoms with van der Waals surface area (Å²) in [7, 11) is 0. The topological polar surface area (TPSA) is 44.1 Å². The maximum atomic E-state index is 13.3. The SMILES string of the molecule is O=C(OCc1ccc(Br)cc1)c1cn(-c2ccccc2)nc1-c1ccc(F)cc1. The normalized spacial score (nSPS) is 10.7. The van der Waals surface area contributed by atoms with Crippen LogP contribution >= 0.6 is 15.9 Å². The number of carbonyl (C=O) groups excluding carboxylic acids is 1. The Balaban J connectivity index is 1.66. The second-order valence-electron chi connectivity index (χ2n) is 6.38. The van der Waals surface area contributed by atoms with E-state index in [-0.39, 0.29) is 12.4 Å². The molecule has 0 amide bonds. The Kier molecular flexibility index (Phi) is 5.53. The van der Waals surface area contributed by atoms with E-state index >= 15 is 0 Å². The summed E-state index contributed by atoms with van der Waals surface area (Å²) in [6, 6.07) is 22.9. The number of ether oxygens (including phenoxy) is 1. The third-order valence-electron chi connectivity index (χ3n) is 4.36. The third-order valence-corrected chi connectivity index (χ3v) is 4.88. The van der Waals surface area contributed by atoms with Gasteiger partial charge in [0.05, 0.1) is 5.69 Å². The molecule has 1 heterocycles. The molecule has 0 saturated carbocycles. The highest BCUT2D eigenvalue weighted by Gasteiger charge is 2.20. The lowest BCUT2D eigenvalue weighted by Gasteiger charge is -2.05. The number of hydrogen-bond acceptors (Lipinski definition) is 3. The molecule has 1 aromatic heterocycles. The fraction of sp³-hybridized carbons (Fsp3) is 0.0435. The standard InChI is InChI=1S/C23H16BrFN2O2/c24-18-10-6-16(7-11-18)15-29-23(28)21-14-27(20-4-2-1-3-5-20)26-22(21)17-8-12-19(25)13-9-17/h1-14H,15H2. The monoisotopic (exact) mass is 450 g/mol. The molecular formula is C23H16BrFN2O2. The van der Waals surface area contributed by atoms with Crippen LogP contribution in [0.5, 0.6) is 0 Å². The average Bonchev–Trinajstić information content (AvgIpc) is 3.20. The van der Waals surface area contributed by atoms with E-state index in [1.54, 1.807) is 23.0 Å². The van der Waals surface area contributed by atoms with Crippen LogP contribution in [0.1, 0.15) is 15.9 Å². The maximum absolute atomic E-state index is 13.3. The van der Waals surface area contributed by atoms with Gasteiger partial charge >= 0.3 is 5.97 Å². The number of nitrogens with zero attached hydrogens (tertiary/aromatic N) is 2. The van der Waals surface area contributed by atoms with Gasteiger partial charge in [-0.15, -0.1) is 0 Å². The van der Waals surface area contributed by atoms with Gasteiger partial charge in [-0.2, -0.15) is 5.10 Å². The van der Waals surface area contributed by atoms with Crippen molar-refractivity contribution in [2.75, 3.05) is 0 Å². The predicted molar refractivity (Wildman–Crippen MR) is 112 cm³/mol. The Morgan fingerprint density at radius 2 is 1.66 bits per heavy atom. The molecule has 29 heavy (non-hydrogen) atoms. The molecule has 0 spiro atoms. The molecule has 3 aromatic carbocycles. The van der Waals surface area contributed by atoms with Crippen molar-refractivity contribution in [1.29, 1.82) is 0 Å². The minimum Gasteiger partial charge on any atom is -0.457 e. The van der Waals surface area contributed by atoms with E-state index in [0.717, 1.165) is 15.7 Å². The Hall–Kier alpha value is -3.25. The summed E-state index contributed by atoms with van der Waals surface area (Å²) in [5, 5.41) is 4.56. The molecule has 0 unspecified atom stereocenters. The number of carbonyl (C=O) groups is 1. The first-order chi connectivity index (χ1) is 14.1. The van der Waals surface area contributed by atoms with Gasteiger partial charge in [0.2, 0.25) is 0 Å². The van der Waals surface area contributed by atoms with Gasteiger partial charge in [-0.3, -0.25) is 0 Å². The van der Waals surface area contributed by atoms with Crippen molar-refractivity contribution in [3.05, 3.63) is 106 Å². The van der Waals surface area contributed by atoms with Gasteiger partial charge in [0.15, 0.2) is 0 Å². The molecule has 144 valence electrons. The van der Waals surface area contributed by atoms with Crippen molar-refractivity contribution < 1.29 is 13.9 Å². The number of para-hydroxylation sites is 1.